The second-order valence-electron chi connectivity index (χ2n) is 3.56. The van der Waals surface area contributed by atoms with Crippen molar-refractivity contribution in [3.63, 3.8) is 0 Å². The van der Waals surface area contributed by atoms with Crippen LogP contribution in [0.15, 0.2) is 36.5 Å². The van der Waals surface area contributed by atoms with E-state index >= 15 is 0 Å². The molecule has 1 aromatic heterocycles. The maximum absolute atomic E-state index is 9.02. The summed E-state index contributed by atoms with van der Waals surface area (Å²) in [5.41, 5.74) is 0.343. The minimum Gasteiger partial charge on any atom is -0.493 e. The van der Waals surface area contributed by atoms with Gasteiger partial charge in [0, 0.05) is 6.20 Å². The molecule has 0 aliphatic carbocycles. The molecule has 0 atom stereocenters. The highest BCUT2D eigenvalue weighted by molar-refractivity contribution is 5.53. The number of nitrogens with zero attached hydrogens (tertiary/aromatic N) is 2. The van der Waals surface area contributed by atoms with Gasteiger partial charge in [0.1, 0.15) is 11.6 Å². The van der Waals surface area contributed by atoms with E-state index in [-0.39, 0.29) is 5.88 Å². The fraction of sp³-hybridized carbons (Fsp3) is 0.143. The lowest BCUT2D eigenvalue weighted by Gasteiger charge is -2.13. The summed E-state index contributed by atoms with van der Waals surface area (Å²) in [6, 6.07) is 10.6. The molecule has 0 spiro atoms. The molecule has 96 valence electrons. The molecule has 0 aliphatic heterocycles. The van der Waals surface area contributed by atoms with Gasteiger partial charge in [-0.05, 0) is 24.3 Å². The third-order valence-electron chi connectivity index (χ3n) is 2.47. The highest BCUT2D eigenvalue weighted by atomic mass is 16.5. The molecule has 1 aromatic carbocycles. The molecule has 0 N–H and O–H groups in total. The molecule has 1 heterocycles. The van der Waals surface area contributed by atoms with Gasteiger partial charge in [-0.3, -0.25) is 0 Å². The maximum Gasteiger partial charge on any atom is 0.237 e. The molecule has 0 saturated carbocycles. The van der Waals surface area contributed by atoms with Gasteiger partial charge in [0.05, 0.1) is 14.2 Å². The normalized spacial score (nSPS) is 9.53. The van der Waals surface area contributed by atoms with Crippen molar-refractivity contribution in [1.29, 1.82) is 5.26 Å². The molecule has 2 aromatic rings. The Kier molecular flexibility index (Phi) is 3.84. The van der Waals surface area contributed by atoms with Gasteiger partial charge in [0.2, 0.25) is 11.6 Å². The van der Waals surface area contributed by atoms with Gasteiger partial charge in [-0.15, -0.1) is 0 Å². The molecule has 0 fully saturated rings. The van der Waals surface area contributed by atoms with Crippen molar-refractivity contribution >= 4 is 0 Å². The van der Waals surface area contributed by atoms with Crippen LogP contribution in [0.25, 0.3) is 0 Å². The molecule has 0 amide bonds. The number of hydrogen-bond donors (Lipinski definition) is 0. The number of para-hydroxylation sites is 1. The summed E-state index contributed by atoms with van der Waals surface area (Å²) in [6.45, 7) is 0. The van der Waals surface area contributed by atoms with Crippen molar-refractivity contribution in [1.82, 2.24) is 4.98 Å². The monoisotopic (exact) mass is 256 g/mol. The SMILES string of the molecule is COc1cccc(OC)c1Oc1ncccc1C#N. The van der Waals surface area contributed by atoms with Crippen LogP contribution in [0.4, 0.5) is 0 Å². The van der Waals surface area contributed by atoms with Crippen molar-refractivity contribution in [2.45, 2.75) is 0 Å². The number of benzene rings is 1. The van der Waals surface area contributed by atoms with E-state index in [4.69, 9.17) is 19.5 Å². The Morgan fingerprint density at radius 1 is 1.05 bits per heavy atom. The summed E-state index contributed by atoms with van der Waals surface area (Å²) in [6.07, 6.45) is 1.55. The maximum atomic E-state index is 9.02. The molecule has 5 nitrogen and oxygen atoms in total. The molecular formula is C14H12N2O3. The Balaban J connectivity index is 2.46. The number of pyridine rings is 1. The van der Waals surface area contributed by atoms with Crippen LogP contribution in [0.1, 0.15) is 5.56 Å². The second-order valence-corrected chi connectivity index (χ2v) is 3.56. The van der Waals surface area contributed by atoms with Crippen molar-refractivity contribution in [3.8, 4) is 29.2 Å². The lowest BCUT2D eigenvalue weighted by molar-refractivity contribution is 0.341. The highest BCUT2D eigenvalue weighted by Crippen LogP contribution is 2.39. The van der Waals surface area contributed by atoms with Crippen LogP contribution < -0.4 is 14.2 Å². The molecular weight excluding hydrogens is 244 g/mol. The summed E-state index contributed by atoms with van der Waals surface area (Å²) in [5, 5.41) is 9.02. The number of methoxy groups -OCH3 is 2. The van der Waals surface area contributed by atoms with Gasteiger partial charge in [-0.25, -0.2) is 4.98 Å². The smallest absolute Gasteiger partial charge is 0.237 e. The zero-order chi connectivity index (χ0) is 13.7. The van der Waals surface area contributed by atoms with Crippen LogP contribution in [0.5, 0.6) is 23.1 Å². The van der Waals surface area contributed by atoms with E-state index in [0.717, 1.165) is 0 Å². The summed E-state index contributed by atoms with van der Waals surface area (Å²) in [5.74, 6) is 1.62. The first kappa shape index (κ1) is 12.7. The number of nitriles is 1. The van der Waals surface area contributed by atoms with Crippen molar-refractivity contribution < 1.29 is 14.2 Å². The first-order chi connectivity index (χ1) is 9.30. The molecule has 0 radical (unpaired) electrons. The van der Waals surface area contributed by atoms with E-state index in [1.807, 2.05) is 6.07 Å². The van der Waals surface area contributed by atoms with Gasteiger partial charge in [-0.1, -0.05) is 6.07 Å². The quantitative estimate of drug-likeness (QED) is 0.841. The van der Waals surface area contributed by atoms with Gasteiger partial charge in [0.15, 0.2) is 11.5 Å². The Morgan fingerprint density at radius 2 is 1.74 bits per heavy atom. The Bertz CT molecular complexity index is 598. The van der Waals surface area contributed by atoms with Crippen molar-refractivity contribution in [2.24, 2.45) is 0 Å². The number of ether oxygens (including phenoxy) is 3. The molecule has 0 saturated heterocycles. The first-order valence-corrected chi connectivity index (χ1v) is 5.54. The van der Waals surface area contributed by atoms with Crippen LogP contribution in [0.3, 0.4) is 0 Å². The standard InChI is InChI=1S/C14H12N2O3/c1-17-11-6-3-7-12(18-2)13(11)19-14-10(9-15)5-4-8-16-14/h3-8H,1-2H3. The van der Waals surface area contributed by atoms with E-state index < -0.39 is 0 Å². The summed E-state index contributed by atoms with van der Waals surface area (Å²) in [7, 11) is 3.07. The Morgan fingerprint density at radius 3 is 2.32 bits per heavy atom. The second kappa shape index (κ2) is 5.74. The average Bonchev–Trinajstić information content (AvgIpc) is 2.48. The predicted octanol–water partition coefficient (Wildman–Crippen LogP) is 2.76. The topological polar surface area (TPSA) is 64.4 Å². The zero-order valence-electron chi connectivity index (χ0n) is 10.6. The highest BCUT2D eigenvalue weighted by Gasteiger charge is 2.14. The lowest BCUT2D eigenvalue weighted by atomic mass is 10.2. The van der Waals surface area contributed by atoms with Crippen LogP contribution in [0, 0.1) is 11.3 Å². The average molecular weight is 256 g/mol. The minimum absolute atomic E-state index is 0.216. The first-order valence-electron chi connectivity index (χ1n) is 5.54. The Hall–Kier alpha value is -2.74. The predicted molar refractivity (Wildman–Crippen MR) is 68.6 cm³/mol. The number of aromatic nitrogens is 1. The molecule has 0 bridgehead atoms. The molecule has 2 rings (SSSR count). The summed E-state index contributed by atoms with van der Waals surface area (Å²) < 4.78 is 16.1. The zero-order valence-corrected chi connectivity index (χ0v) is 10.6. The number of rotatable bonds is 4. The molecule has 19 heavy (non-hydrogen) atoms. The van der Waals surface area contributed by atoms with Crippen molar-refractivity contribution in [3.05, 3.63) is 42.1 Å². The van der Waals surface area contributed by atoms with Gasteiger partial charge >= 0.3 is 0 Å². The fourth-order valence-electron chi connectivity index (χ4n) is 1.57. The summed E-state index contributed by atoms with van der Waals surface area (Å²) >= 11 is 0. The summed E-state index contributed by atoms with van der Waals surface area (Å²) in [4.78, 5) is 4.04. The van der Waals surface area contributed by atoms with Crippen LogP contribution >= 0.6 is 0 Å². The van der Waals surface area contributed by atoms with E-state index in [0.29, 0.717) is 22.8 Å². The Labute approximate surface area is 111 Å². The minimum atomic E-state index is 0.216. The lowest BCUT2D eigenvalue weighted by Crippen LogP contribution is -1.97. The molecule has 5 heteroatoms. The van der Waals surface area contributed by atoms with Crippen LogP contribution in [-0.4, -0.2) is 19.2 Å². The van der Waals surface area contributed by atoms with E-state index in [9.17, 15) is 0 Å². The van der Waals surface area contributed by atoms with Crippen LogP contribution in [0.2, 0.25) is 0 Å². The van der Waals surface area contributed by atoms with Gasteiger partial charge in [0.25, 0.3) is 0 Å². The van der Waals surface area contributed by atoms with E-state index in [1.54, 1.807) is 36.5 Å². The van der Waals surface area contributed by atoms with E-state index in [2.05, 4.69) is 4.98 Å². The third kappa shape index (κ3) is 2.58. The molecule has 0 unspecified atom stereocenters. The van der Waals surface area contributed by atoms with Gasteiger partial charge in [-0.2, -0.15) is 5.26 Å². The largest absolute Gasteiger partial charge is 0.493 e. The molecule has 0 aliphatic rings. The fourth-order valence-corrected chi connectivity index (χ4v) is 1.57. The van der Waals surface area contributed by atoms with E-state index in [1.165, 1.54) is 14.2 Å². The van der Waals surface area contributed by atoms with Gasteiger partial charge < -0.3 is 14.2 Å². The third-order valence-corrected chi connectivity index (χ3v) is 2.47. The van der Waals surface area contributed by atoms with Crippen LogP contribution in [-0.2, 0) is 0 Å². The number of hydrogen-bond acceptors (Lipinski definition) is 5. The van der Waals surface area contributed by atoms with Crippen molar-refractivity contribution in [2.75, 3.05) is 14.2 Å².